The molecule has 0 saturated carbocycles. The van der Waals surface area contributed by atoms with Crippen LogP contribution in [0.15, 0.2) is 16.7 Å². The summed E-state index contributed by atoms with van der Waals surface area (Å²) in [6.45, 7) is 1.72. The fourth-order valence-electron chi connectivity index (χ4n) is 1.30. The second-order valence-electron chi connectivity index (χ2n) is 3.46. The number of unbranched alkanes of at least 4 members (excludes halogenated alkanes) is 2. The smallest absolute Gasteiger partial charge is 0.144 e. The number of hydrogen-bond donors (Lipinski definition) is 1. The van der Waals surface area contributed by atoms with Gasteiger partial charge in [0.25, 0.3) is 0 Å². The zero-order chi connectivity index (χ0) is 11.8. The van der Waals surface area contributed by atoms with Crippen LogP contribution in [0.2, 0.25) is 5.02 Å². The summed E-state index contributed by atoms with van der Waals surface area (Å²) in [7, 11) is 1.73. The van der Waals surface area contributed by atoms with Crippen LogP contribution in [0.1, 0.15) is 19.3 Å². The van der Waals surface area contributed by atoms with Gasteiger partial charge in [0.15, 0.2) is 0 Å². The van der Waals surface area contributed by atoms with Gasteiger partial charge >= 0.3 is 0 Å². The van der Waals surface area contributed by atoms with E-state index in [1.165, 1.54) is 0 Å². The van der Waals surface area contributed by atoms with E-state index in [2.05, 4.69) is 26.2 Å². The maximum Gasteiger partial charge on any atom is 0.144 e. The van der Waals surface area contributed by atoms with E-state index in [9.17, 15) is 0 Å². The summed E-state index contributed by atoms with van der Waals surface area (Å²) in [6.07, 6.45) is 5.07. The van der Waals surface area contributed by atoms with Crippen LogP contribution < -0.4 is 5.32 Å². The van der Waals surface area contributed by atoms with Crippen molar-refractivity contribution >= 4 is 33.3 Å². The van der Waals surface area contributed by atoms with Crippen molar-refractivity contribution in [3.05, 3.63) is 21.8 Å². The molecule has 1 aromatic heterocycles. The molecule has 1 rings (SSSR count). The number of halogens is 2. The molecular weight excluding hydrogens is 291 g/mol. The third-order valence-electron chi connectivity index (χ3n) is 2.13. The average Bonchev–Trinajstić information content (AvgIpc) is 2.26. The van der Waals surface area contributed by atoms with Crippen LogP contribution in [0.4, 0.5) is 5.82 Å². The predicted molar refractivity (Wildman–Crippen MR) is 71.2 cm³/mol. The highest BCUT2D eigenvalue weighted by atomic mass is 79.9. The Balaban J connectivity index is 2.21. The number of rotatable bonds is 7. The fourth-order valence-corrected chi connectivity index (χ4v) is 2.00. The summed E-state index contributed by atoms with van der Waals surface area (Å²) in [4.78, 5) is 4.20. The number of nitrogens with zero attached hydrogens (tertiary/aromatic N) is 1. The van der Waals surface area contributed by atoms with Gasteiger partial charge in [0.1, 0.15) is 5.82 Å². The number of hydrogen-bond acceptors (Lipinski definition) is 3. The van der Waals surface area contributed by atoms with Crippen LogP contribution in [0.5, 0.6) is 0 Å². The number of ether oxygens (including phenoxy) is 1. The maximum absolute atomic E-state index is 6.02. The average molecular weight is 308 g/mol. The number of methoxy groups -OCH3 is 1. The monoisotopic (exact) mass is 306 g/mol. The van der Waals surface area contributed by atoms with Crippen LogP contribution in [-0.4, -0.2) is 25.2 Å². The van der Waals surface area contributed by atoms with Gasteiger partial charge in [-0.05, 0) is 41.3 Å². The Morgan fingerprint density at radius 3 is 2.94 bits per heavy atom. The second-order valence-corrected chi connectivity index (χ2v) is 4.79. The Bertz CT molecular complexity index is 323. The summed E-state index contributed by atoms with van der Waals surface area (Å²) in [5.41, 5.74) is 0. The van der Waals surface area contributed by atoms with E-state index >= 15 is 0 Å². The third-order valence-corrected chi connectivity index (χ3v) is 2.85. The summed E-state index contributed by atoms with van der Waals surface area (Å²) >= 11 is 9.34. The highest BCUT2D eigenvalue weighted by molar-refractivity contribution is 9.10. The predicted octanol–water partition coefficient (Wildman–Crippen LogP) is 3.73. The van der Waals surface area contributed by atoms with Gasteiger partial charge in [-0.2, -0.15) is 0 Å². The molecule has 0 atom stereocenters. The standard InChI is InChI=1S/C11H16BrClN2O/c1-16-6-4-2-3-5-14-11-10(13)7-9(12)8-15-11/h7-8H,2-6H2,1H3,(H,14,15). The minimum atomic E-state index is 0.645. The Labute approximate surface area is 110 Å². The fraction of sp³-hybridized carbons (Fsp3) is 0.545. The van der Waals surface area contributed by atoms with Crippen molar-refractivity contribution in [1.29, 1.82) is 0 Å². The molecule has 1 N–H and O–H groups in total. The molecular formula is C11H16BrClN2O. The molecule has 1 aromatic rings. The van der Waals surface area contributed by atoms with Crippen LogP contribution >= 0.6 is 27.5 Å². The van der Waals surface area contributed by atoms with Crippen molar-refractivity contribution in [2.75, 3.05) is 25.6 Å². The second kappa shape index (κ2) is 7.87. The van der Waals surface area contributed by atoms with Crippen LogP contribution in [0.25, 0.3) is 0 Å². The van der Waals surface area contributed by atoms with Gasteiger partial charge in [0.2, 0.25) is 0 Å². The van der Waals surface area contributed by atoms with Crippen LogP contribution in [0.3, 0.4) is 0 Å². The van der Waals surface area contributed by atoms with Crippen molar-refractivity contribution in [3.8, 4) is 0 Å². The first-order valence-corrected chi connectivity index (χ1v) is 6.45. The van der Waals surface area contributed by atoms with Crippen molar-refractivity contribution in [1.82, 2.24) is 4.98 Å². The summed E-state index contributed by atoms with van der Waals surface area (Å²) in [5, 5.41) is 3.86. The van der Waals surface area contributed by atoms with E-state index in [4.69, 9.17) is 16.3 Å². The SMILES string of the molecule is COCCCCCNc1ncc(Br)cc1Cl. The number of anilines is 1. The molecule has 3 nitrogen and oxygen atoms in total. The Hall–Kier alpha value is -0.320. The van der Waals surface area contributed by atoms with E-state index in [1.54, 1.807) is 13.3 Å². The normalized spacial score (nSPS) is 10.4. The summed E-state index contributed by atoms with van der Waals surface area (Å²) in [6, 6.07) is 1.84. The minimum Gasteiger partial charge on any atom is -0.385 e. The van der Waals surface area contributed by atoms with Gasteiger partial charge in [0, 0.05) is 30.9 Å². The van der Waals surface area contributed by atoms with Gasteiger partial charge < -0.3 is 10.1 Å². The van der Waals surface area contributed by atoms with E-state index in [1.807, 2.05) is 6.07 Å². The van der Waals surface area contributed by atoms with E-state index in [0.717, 1.165) is 42.7 Å². The maximum atomic E-state index is 6.02. The lowest BCUT2D eigenvalue weighted by Crippen LogP contribution is -2.04. The molecule has 0 bridgehead atoms. The highest BCUT2D eigenvalue weighted by Crippen LogP contribution is 2.22. The van der Waals surface area contributed by atoms with E-state index in [-0.39, 0.29) is 0 Å². The van der Waals surface area contributed by atoms with Gasteiger partial charge in [-0.1, -0.05) is 11.6 Å². The first kappa shape index (κ1) is 13.7. The molecule has 5 heteroatoms. The summed E-state index contributed by atoms with van der Waals surface area (Å²) in [5.74, 6) is 0.747. The van der Waals surface area contributed by atoms with Gasteiger partial charge in [0.05, 0.1) is 5.02 Å². The first-order chi connectivity index (χ1) is 7.74. The van der Waals surface area contributed by atoms with Gasteiger partial charge in [-0.3, -0.25) is 0 Å². The molecule has 0 radical (unpaired) electrons. The van der Waals surface area contributed by atoms with Crippen molar-refractivity contribution in [2.45, 2.75) is 19.3 Å². The highest BCUT2D eigenvalue weighted by Gasteiger charge is 2.01. The molecule has 0 saturated heterocycles. The topological polar surface area (TPSA) is 34.1 Å². The Morgan fingerprint density at radius 2 is 2.25 bits per heavy atom. The molecule has 0 aliphatic heterocycles. The molecule has 0 aromatic carbocycles. The van der Waals surface area contributed by atoms with Crippen LogP contribution in [0, 0.1) is 0 Å². The van der Waals surface area contributed by atoms with Crippen molar-refractivity contribution in [2.24, 2.45) is 0 Å². The molecule has 1 heterocycles. The molecule has 0 unspecified atom stereocenters. The van der Waals surface area contributed by atoms with E-state index < -0.39 is 0 Å². The lowest BCUT2D eigenvalue weighted by molar-refractivity contribution is 0.192. The molecule has 0 spiro atoms. The molecule has 0 fully saturated rings. The van der Waals surface area contributed by atoms with Gasteiger partial charge in [-0.15, -0.1) is 0 Å². The Morgan fingerprint density at radius 1 is 1.44 bits per heavy atom. The molecule has 0 aliphatic carbocycles. The molecule has 90 valence electrons. The third kappa shape index (κ3) is 5.14. The Kier molecular flexibility index (Phi) is 6.76. The largest absolute Gasteiger partial charge is 0.385 e. The zero-order valence-corrected chi connectivity index (χ0v) is 11.6. The number of nitrogens with one attached hydrogen (secondary N) is 1. The quantitative estimate of drug-likeness (QED) is 0.780. The van der Waals surface area contributed by atoms with Gasteiger partial charge in [-0.25, -0.2) is 4.98 Å². The zero-order valence-electron chi connectivity index (χ0n) is 9.30. The lowest BCUT2D eigenvalue weighted by atomic mass is 10.2. The molecule has 0 aliphatic rings. The minimum absolute atomic E-state index is 0.645. The van der Waals surface area contributed by atoms with Crippen molar-refractivity contribution < 1.29 is 4.74 Å². The molecule has 16 heavy (non-hydrogen) atoms. The molecule has 0 amide bonds. The number of aromatic nitrogens is 1. The van der Waals surface area contributed by atoms with Crippen molar-refractivity contribution in [3.63, 3.8) is 0 Å². The van der Waals surface area contributed by atoms with Crippen LogP contribution in [-0.2, 0) is 4.74 Å². The summed E-state index contributed by atoms with van der Waals surface area (Å²) < 4.78 is 5.87. The number of pyridine rings is 1. The lowest BCUT2D eigenvalue weighted by Gasteiger charge is -2.07. The van der Waals surface area contributed by atoms with E-state index in [0.29, 0.717) is 5.02 Å². The first-order valence-electron chi connectivity index (χ1n) is 5.28.